The average Bonchev–Trinajstić information content (AvgIpc) is 3.14. The SMILES string of the molecule is c1ccc(-c2ccc3ccc(-c4ccc5ccc(-c6ccc7ccc8ccc(-c9ccccc9)nc8c7n6)nc5c4)nc3c2)cc1. The largest absolute Gasteiger partial charge is 0.248 e. The number of fused-ring (bicyclic) bond motifs is 5. The van der Waals surface area contributed by atoms with Crippen LogP contribution in [0.4, 0.5) is 0 Å². The Morgan fingerprint density at radius 1 is 0.261 bits per heavy atom. The van der Waals surface area contributed by atoms with Crippen LogP contribution < -0.4 is 0 Å². The maximum absolute atomic E-state index is 5.13. The second-order valence-corrected chi connectivity index (χ2v) is 11.5. The molecule has 214 valence electrons. The summed E-state index contributed by atoms with van der Waals surface area (Å²) in [6, 6.07) is 54.5. The lowest BCUT2D eigenvalue weighted by Gasteiger charge is -2.09. The summed E-state index contributed by atoms with van der Waals surface area (Å²) in [5.74, 6) is 0. The second kappa shape index (κ2) is 10.7. The third-order valence-corrected chi connectivity index (χ3v) is 8.64. The van der Waals surface area contributed by atoms with Gasteiger partial charge in [-0.25, -0.2) is 19.9 Å². The molecule has 0 aliphatic rings. The van der Waals surface area contributed by atoms with E-state index >= 15 is 0 Å². The molecular weight excluding hydrogens is 560 g/mol. The molecule has 0 aliphatic carbocycles. The van der Waals surface area contributed by atoms with Crippen molar-refractivity contribution in [1.29, 1.82) is 0 Å². The monoisotopic (exact) mass is 586 g/mol. The molecule has 4 nitrogen and oxygen atoms in total. The molecule has 9 rings (SSSR count). The molecule has 5 aromatic carbocycles. The third kappa shape index (κ3) is 4.64. The van der Waals surface area contributed by atoms with E-state index in [1.807, 2.05) is 36.4 Å². The van der Waals surface area contributed by atoms with Gasteiger partial charge in [-0.05, 0) is 47.5 Å². The van der Waals surface area contributed by atoms with Crippen molar-refractivity contribution < 1.29 is 0 Å². The standard InChI is InChI=1S/C42H26N4/c1-3-7-27(8-4-1)33-15-11-29-17-21-36(43-39(29)25-33)34-16-12-30-18-23-37(44-40(30)26-34)38-24-20-32-14-13-31-19-22-35(28-9-5-2-6-10-28)45-41(31)42(32)46-38/h1-26H. The molecule has 0 atom stereocenters. The fourth-order valence-electron chi connectivity index (χ4n) is 6.19. The fourth-order valence-corrected chi connectivity index (χ4v) is 6.19. The topological polar surface area (TPSA) is 51.6 Å². The first-order valence-corrected chi connectivity index (χ1v) is 15.4. The van der Waals surface area contributed by atoms with Crippen LogP contribution in [0.15, 0.2) is 158 Å². The Labute approximate surface area is 265 Å². The van der Waals surface area contributed by atoms with Gasteiger partial charge in [0, 0.05) is 32.7 Å². The molecule has 0 saturated heterocycles. The van der Waals surface area contributed by atoms with Gasteiger partial charge in [0.05, 0.1) is 44.8 Å². The molecule has 0 radical (unpaired) electrons. The lowest BCUT2D eigenvalue weighted by Crippen LogP contribution is -1.93. The normalized spacial score (nSPS) is 11.5. The highest BCUT2D eigenvalue weighted by Crippen LogP contribution is 2.31. The van der Waals surface area contributed by atoms with Gasteiger partial charge in [0.15, 0.2) is 0 Å². The minimum Gasteiger partial charge on any atom is -0.248 e. The van der Waals surface area contributed by atoms with E-state index in [4.69, 9.17) is 19.9 Å². The molecule has 0 N–H and O–H groups in total. The number of rotatable bonds is 4. The van der Waals surface area contributed by atoms with Gasteiger partial charge in [-0.15, -0.1) is 0 Å². The summed E-state index contributed by atoms with van der Waals surface area (Å²) in [5.41, 5.74) is 11.6. The van der Waals surface area contributed by atoms with Crippen LogP contribution in [0.25, 0.3) is 88.6 Å². The number of aromatic nitrogens is 4. The molecule has 4 aromatic heterocycles. The van der Waals surface area contributed by atoms with Crippen molar-refractivity contribution in [2.45, 2.75) is 0 Å². The first-order valence-electron chi connectivity index (χ1n) is 15.4. The van der Waals surface area contributed by atoms with Gasteiger partial charge >= 0.3 is 0 Å². The number of hydrogen-bond donors (Lipinski definition) is 0. The van der Waals surface area contributed by atoms with Gasteiger partial charge < -0.3 is 0 Å². The Hall–Kier alpha value is -6.26. The zero-order valence-corrected chi connectivity index (χ0v) is 24.8. The van der Waals surface area contributed by atoms with Crippen molar-refractivity contribution in [3.63, 3.8) is 0 Å². The summed E-state index contributed by atoms with van der Waals surface area (Å²) in [6.45, 7) is 0. The first kappa shape index (κ1) is 26.2. The molecule has 0 aliphatic heterocycles. The smallest absolute Gasteiger partial charge is 0.0973 e. The lowest BCUT2D eigenvalue weighted by molar-refractivity contribution is 1.31. The van der Waals surface area contributed by atoms with Crippen LogP contribution in [-0.4, -0.2) is 19.9 Å². The Morgan fingerprint density at radius 3 is 1.33 bits per heavy atom. The molecule has 9 aromatic rings. The van der Waals surface area contributed by atoms with Crippen molar-refractivity contribution in [2.75, 3.05) is 0 Å². The zero-order valence-electron chi connectivity index (χ0n) is 24.8. The van der Waals surface area contributed by atoms with Crippen LogP contribution in [0.1, 0.15) is 0 Å². The Kier molecular flexibility index (Phi) is 6.10. The van der Waals surface area contributed by atoms with E-state index in [1.165, 1.54) is 5.56 Å². The van der Waals surface area contributed by atoms with E-state index < -0.39 is 0 Å². The highest BCUT2D eigenvalue weighted by Gasteiger charge is 2.11. The summed E-state index contributed by atoms with van der Waals surface area (Å²) in [5, 5.41) is 4.30. The molecule has 0 fully saturated rings. The molecular formula is C42H26N4. The predicted molar refractivity (Wildman–Crippen MR) is 189 cm³/mol. The van der Waals surface area contributed by atoms with Gasteiger partial charge in [0.1, 0.15) is 0 Å². The van der Waals surface area contributed by atoms with Crippen LogP contribution in [0.3, 0.4) is 0 Å². The first-order chi connectivity index (χ1) is 22.7. The fraction of sp³-hybridized carbons (Fsp3) is 0. The third-order valence-electron chi connectivity index (χ3n) is 8.64. The molecule has 46 heavy (non-hydrogen) atoms. The minimum atomic E-state index is 0.816. The maximum atomic E-state index is 5.13. The summed E-state index contributed by atoms with van der Waals surface area (Å²) >= 11 is 0. The number of nitrogens with zero attached hydrogens (tertiary/aromatic N) is 4. The summed E-state index contributed by atoms with van der Waals surface area (Å²) in [7, 11) is 0. The van der Waals surface area contributed by atoms with Crippen molar-refractivity contribution in [1.82, 2.24) is 19.9 Å². The van der Waals surface area contributed by atoms with E-state index in [9.17, 15) is 0 Å². The Morgan fingerprint density at radius 2 is 0.674 bits per heavy atom. The lowest BCUT2D eigenvalue weighted by atomic mass is 10.0. The maximum Gasteiger partial charge on any atom is 0.0973 e. The van der Waals surface area contributed by atoms with Crippen LogP contribution in [0.5, 0.6) is 0 Å². The molecule has 0 amide bonds. The van der Waals surface area contributed by atoms with E-state index in [2.05, 4.69) is 121 Å². The Balaban J connectivity index is 1.11. The van der Waals surface area contributed by atoms with E-state index in [1.54, 1.807) is 0 Å². The number of pyridine rings is 4. The highest BCUT2D eigenvalue weighted by molar-refractivity contribution is 6.04. The minimum absolute atomic E-state index is 0.816. The number of benzene rings is 5. The Bertz CT molecular complexity index is 2580. The molecule has 0 unspecified atom stereocenters. The van der Waals surface area contributed by atoms with Crippen LogP contribution in [0.2, 0.25) is 0 Å². The van der Waals surface area contributed by atoms with Crippen LogP contribution >= 0.6 is 0 Å². The van der Waals surface area contributed by atoms with Gasteiger partial charge in [-0.2, -0.15) is 0 Å². The predicted octanol–water partition coefficient (Wildman–Crippen LogP) is 10.5. The van der Waals surface area contributed by atoms with Crippen LogP contribution in [0, 0.1) is 0 Å². The van der Waals surface area contributed by atoms with Gasteiger partial charge in [0.2, 0.25) is 0 Å². The number of hydrogen-bond acceptors (Lipinski definition) is 4. The highest BCUT2D eigenvalue weighted by atomic mass is 14.8. The van der Waals surface area contributed by atoms with Crippen molar-refractivity contribution in [2.24, 2.45) is 0 Å². The van der Waals surface area contributed by atoms with E-state index in [0.29, 0.717) is 0 Å². The van der Waals surface area contributed by atoms with Gasteiger partial charge in [-0.3, -0.25) is 0 Å². The van der Waals surface area contributed by atoms with Crippen molar-refractivity contribution in [3.05, 3.63) is 158 Å². The molecule has 4 heterocycles. The van der Waals surface area contributed by atoms with E-state index in [0.717, 1.165) is 83.1 Å². The summed E-state index contributed by atoms with van der Waals surface area (Å²) in [4.78, 5) is 20.3. The zero-order chi connectivity index (χ0) is 30.5. The van der Waals surface area contributed by atoms with Gasteiger partial charge in [-0.1, -0.05) is 121 Å². The molecule has 4 heteroatoms. The summed E-state index contributed by atoms with van der Waals surface area (Å²) in [6.07, 6.45) is 0. The average molecular weight is 587 g/mol. The molecule has 0 saturated carbocycles. The van der Waals surface area contributed by atoms with Crippen molar-refractivity contribution in [3.8, 4) is 45.0 Å². The summed E-state index contributed by atoms with van der Waals surface area (Å²) < 4.78 is 0. The quantitative estimate of drug-likeness (QED) is 0.193. The molecule has 0 bridgehead atoms. The van der Waals surface area contributed by atoms with E-state index in [-0.39, 0.29) is 0 Å². The van der Waals surface area contributed by atoms with Gasteiger partial charge in [0.25, 0.3) is 0 Å². The van der Waals surface area contributed by atoms with Crippen LogP contribution in [-0.2, 0) is 0 Å². The second-order valence-electron chi connectivity index (χ2n) is 11.5. The van der Waals surface area contributed by atoms with Crippen molar-refractivity contribution >= 4 is 43.6 Å². The molecule has 0 spiro atoms.